The lowest BCUT2D eigenvalue weighted by molar-refractivity contribution is -0.135. The molecule has 3 aromatic rings. The van der Waals surface area contributed by atoms with Gasteiger partial charge in [-0.1, -0.05) is 78.1 Å². The van der Waals surface area contributed by atoms with Gasteiger partial charge in [-0.05, 0) is 55.0 Å². The van der Waals surface area contributed by atoms with Crippen molar-refractivity contribution >= 4 is 16.8 Å². The molecule has 1 aromatic heterocycles. The molecule has 0 N–H and O–H groups in total. The third-order valence-corrected chi connectivity index (χ3v) is 6.50. The summed E-state index contributed by atoms with van der Waals surface area (Å²) in [6.07, 6.45) is 5.70. The van der Waals surface area contributed by atoms with Crippen LogP contribution in [-0.2, 0) is 11.2 Å². The Balaban J connectivity index is 2.13. The first-order valence-corrected chi connectivity index (χ1v) is 13.1. The van der Waals surface area contributed by atoms with Crippen LogP contribution >= 0.6 is 0 Å². The first-order valence-electron chi connectivity index (χ1n) is 13.1. The molecule has 2 aromatic carbocycles. The fourth-order valence-corrected chi connectivity index (χ4v) is 4.50. The van der Waals surface area contributed by atoms with Gasteiger partial charge in [0.1, 0.15) is 5.82 Å². The summed E-state index contributed by atoms with van der Waals surface area (Å²) in [5, 5.41) is 0.582. The molecule has 0 radical (unpaired) electrons. The number of carbonyl (C=O) groups is 1. The lowest BCUT2D eigenvalue weighted by Gasteiger charge is -2.33. The van der Waals surface area contributed by atoms with Crippen molar-refractivity contribution in [2.45, 2.75) is 86.1 Å². The van der Waals surface area contributed by atoms with E-state index in [1.807, 2.05) is 48.2 Å². The number of carbonyl (C=O) groups excluding carboxylic acids is 1. The lowest BCUT2D eigenvalue weighted by atomic mass is 9.91. The monoisotopic (exact) mass is 475 g/mol. The predicted molar refractivity (Wildman–Crippen MR) is 145 cm³/mol. The summed E-state index contributed by atoms with van der Waals surface area (Å²) in [5.41, 5.74) is 2.43. The van der Waals surface area contributed by atoms with Crippen molar-refractivity contribution in [2.24, 2.45) is 5.41 Å². The van der Waals surface area contributed by atoms with Crippen LogP contribution in [0, 0.1) is 5.41 Å². The van der Waals surface area contributed by atoms with E-state index < -0.39 is 0 Å². The van der Waals surface area contributed by atoms with Crippen LogP contribution in [0.5, 0.6) is 0 Å². The highest BCUT2D eigenvalue weighted by molar-refractivity contribution is 5.79. The fraction of sp³-hybridized carbons (Fsp3) is 0.500. The van der Waals surface area contributed by atoms with Gasteiger partial charge in [-0.25, -0.2) is 4.98 Å². The molecule has 35 heavy (non-hydrogen) atoms. The zero-order chi connectivity index (χ0) is 25.6. The molecular formula is C30H41N3O2. The molecule has 1 amide bonds. The van der Waals surface area contributed by atoms with Crippen LogP contribution < -0.4 is 5.56 Å². The Morgan fingerprint density at radius 1 is 1.00 bits per heavy atom. The van der Waals surface area contributed by atoms with E-state index >= 15 is 0 Å². The van der Waals surface area contributed by atoms with Gasteiger partial charge in [0.05, 0.1) is 22.6 Å². The Bertz CT molecular complexity index is 1190. The van der Waals surface area contributed by atoms with Crippen LogP contribution in [0.1, 0.15) is 91.1 Å². The average molecular weight is 476 g/mol. The van der Waals surface area contributed by atoms with Crippen molar-refractivity contribution in [1.29, 1.82) is 0 Å². The number of aromatic nitrogens is 2. The molecular weight excluding hydrogens is 434 g/mol. The summed E-state index contributed by atoms with van der Waals surface area (Å²) in [7, 11) is 0. The fourth-order valence-electron chi connectivity index (χ4n) is 4.50. The van der Waals surface area contributed by atoms with E-state index in [2.05, 4.69) is 46.8 Å². The first-order chi connectivity index (χ1) is 16.7. The Hall–Kier alpha value is -2.95. The summed E-state index contributed by atoms with van der Waals surface area (Å²) in [4.78, 5) is 34.2. The minimum Gasteiger partial charge on any atom is -0.333 e. The number of nitrogens with zero attached hydrogens (tertiary/aromatic N) is 3. The zero-order valence-corrected chi connectivity index (χ0v) is 22.3. The number of hydrogen-bond acceptors (Lipinski definition) is 3. The Morgan fingerprint density at radius 2 is 1.69 bits per heavy atom. The van der Waals surface area contributed by atoms with Gasteiger partial charge in [0, 0.05) is 13.0 Å². The molecule has 0 bridgehead atoms. The molecule has 0 aliphatic rings. The Kier molecular flexibility index (Phi) is 8.87. The largest absolute Gasteiger partial charge is 0.333 e. The minimum atomic E-state index is -0.338. The molecule has 0 aliphatic carbocycles. The summed E-state index contributed by atoms with van der Waals surface area (Å²) >= 11 is 0. The predicted octanol–water partition coefficient (Wildman–Crippen LogP) is 6.85. The van der Waals surface area contributed by atoms with E-state index in [-0.39, 0.29) is 22.9 Å². The second kappa shape index (κ2) is 11.7. The molecule has 1 heterocycles. The first kappa shape index (κ1) is 26.7. The molecule has 0 aliphatic heterocycles. The van der Waals surface area contributed by atoms with Gasteiger partial charge in [0.25, 0.3) is 5.56 Å². The van der Waals surface area contributed by atoms with Gasteiger partial charge in [-0.15, -0.1) is 0 Å². The smallest absolute Gasteiger partial charge is 0.266 e. The van der Waals surface area contributed by atoms with E-state index in [1.54, 1.807) is 4.57 Å². The van der Waals surface area contributed by atoms with Gasteiger partial charge in [-0.3, -0.25) is 14.2 Å². The highest BCUT2D eigenvalue weighted by Crippen LogP contribution is 2.27. The molecule has 0 spiro atoms. The maximum absolute atomic E-state index is 13.7. The normalized spacial score (nSPS) is 12.6. The van der Waals surface area contributed by atoms with Gasteiger partial charge in [-0.2, -0.15) is 0 Å². The topological polar surface area (TPSA) is 55.2 Å². The Morgan fingerprint density at radius 3 is 2.31 bits per heavy atom. The maximum Gasteiger partial charge on any atom is 0.266 e. The van der Waals surface area contributed by atoms with E-state index in [0.29, 0.717) is 29.7 Å². The molecule has 3 rings (SSSR count). The van der Waals surface area contributed by atoms with Crippen molar-refractivity contribution in [3.05, 3.63) is 70.3 Å². The number of hydrogen-bond donors (Lipinski definition) is 0. The number of para-hydroxylation sites is 1. The van der Waals surface area contributed by atoms with Crippen LogP contribution in [0.3, 0.4) is 0 Å². The van der Waals surface area contributed by atoms with Crippen molar-refractivity contribution in [2.75, 3.05) is 6.54 Å². The maximum atomic E-state index is 13.7. The van der Waals surface area contributed by atoms with Gasteiger partial charge in [0.2, 0.25) is 5.91 Å². The van der Waals surface area contributed by atoms with Crippen LogP contribution in [0.4, 0.5) is 0 Å². The van der Waals surface area contributed by atoms with Crippen LogP contribution in [0.25, 0.3) is 16.6 Å². The van der Waals surface area contributed by atoms with Crippen molar-refractivity contribution < 1.29 is 4.79 Å². The molecule has 0 saturated carbocycles. The van der Waals surface area contributed by atoms with Crippen LogP contribution in [-0.4, -0.2) is 26.9 Å². The van der Waals surface area contributed by atoms with E-state index in [1.165, 1.54) is 5.56 Å². The number of aryl methyl sites for hydroxylation is 1. The number of unbranched alkanes of at least 4 members (excludes halogenated alkanes) is 3. The van der Waals surface area contributed by atoms with Gasteiger partial charge >= 0.3 is 0 Å². The Labute approximate surface area is 210 Å². The molecule has 5 nitrogen and oxygen atoms in total. The second-order valence-corrected chi connectivity index (χ2v) is 10.7. The van der Waals surface area contributed by atoms with Crippen LogP contribution in [0.2, 0.25) is 0 Å². The molecule has 0 fully saturated rings. The van der Waals surface area contributed by atoms with E-state index in [9.17, 15) is 9.59 Å². The second-order valence-electron chi connectivity index (χ2n) is 10.7. The molecule has 1 atom stereocenters. The molecule has 1 unspecified atom stereocenters. The van der Waals surface area contributed by atoms with Crippen molar-refractivity contribution in [3.63, 3.8) is 0 Å². The number of benzene rings is 2. The molecule has 5 heteroatoms. The van der Waals surface area contributed by atoms with Gasteiger partial charge in [0.15, 0.2) is 0 Å². The number of amides is 1. The van der Waals surface area contributed by atoms with Crippen molar-refractivity contribution in [1.82, 2.24) is 14.5 Å². The summed E-state index contributed by atoms with van der Waals surface area (Å²) in [5.74, 6) is 0.715. The summed E-state index contributed by atoms with van der Waals surface area (Å²) in [6.45, 7) is 13.2. The number of fused-ring (bicyclic) bond motifs is 1. The third-order valence-electron chi connectivity index (χ3n) is 6.50. The lowest BCUT2D eigenvalue weighted by Crippen LogP contribution is -2.39. The van der Waals surface area contributed by atoms with E-state index in [4.69, 9.17) is 4.98 Å². The summed E-state index contributed by atoms with van der Waals surface area (Å²) < 4.78 is 1.70. The third kappa shape index (κ3) is 6.59. The number of rotatable bonds is 10. The average Bonchev–Trinajstić information content (AvgIpc) is 2.82. The highest BCUT2D eigenvalue weighted by Gasteiger charge is 2.29. The SMILES string of the molecule is CCCCCCN(C(=O)CC(C)(C)C)C(C)c1nc2ccccc2c(=O)n1-c1ccc(CC)cc1. The van der Waals surface area contributed by atoms with Gasteiger partial charge < -0.3 is 4.90 Å². The zero-order valence-electron chi connectivity index (χ0n) is 22.3. The molecule has 0 saturated heterocycles. The minimum absolute atomic E-state index is 0.101. The van der Waals surface area contributed by atoms with Crippen LogP contribution in [0.15, 0.2) is 53.3 Å². The van der Waals surface area contributed by atoms with E-state index in [0.717, 1.165) is 37.8 Å². The molecule has 188 valence electrons. The van der Waals surface area contributed by atoms with Crippen molar-refractivity contribution in [3.8, 4) is 5.69 Å². The standard InChI is InChI=1S/C30H41N3O2/c1-7-9-10-13-20-32(27(34)21-30(4,5)6)22(3)28-31-26-15-12-11-14-25(26)29(35)33(28)24-18-16-23(8-2)17-19-24/h11-12,14-19,22H,7-10,13,20-21H2,1-6H3. The highest BCUT2D eigenvalue weighted by atomic mass is 16.2. The summed E-state index contributed by atoms with van der Waals surface area (Å²) in [6, 6.07) is 15.2. The quantitative estimate of drug-likeness (QED) is 0.301.